The number of aromatic nitrogens is 4. The Morgan fingerprint density at radius 1 is 1.26 bits per heavy atom. The third-order valence-electron chi connectivity index (χ3n) is 4.26. The first-order chi connectivity index (χ1) is 14.7. The molecular weight excluding hydrogens is 420 g/mol. The van der Waals surface area contributed by atoms with Crippen LogP contribution in [0.25, 0.3) is 21.8 Å². The molecule has 0 unspecified atom stereocenters. The van der Waals surface area contributed by atoms with Crippen molar-refractivity contribution in [3.8, 4) is 10.8 Å². The van der Waals surface area contributed by atoms with Gasteiger partial charge >= 0.3 is 6.03 Å². The zero-order chi connectivity index (χ0) is 22.2. The number of thiophene rings is 1. The first-order valence-corrected chi connectivity index (χ1v) is 10.2. The van der Waals surface area contributed by atoms with E-state index in [-0.39, 0.29) is 12.5 Å². The number of aliphatic hydroxyl groups is 1. The standard InChI is InChI=1S/C20H20N6O4S/c1-11-21-17(30-25-11)15-6-7-16(31-15)23-19(28)24-18-22-13-8-12(9-27)4-5-14(13)26(18)10-20(2,3)29/h4-9,29H,10H2,1-3H3,(H2,22,23,24,28). The Morgan fingerprint density at radius 3 is 2.74 bits per heavy atom. The van der Waals surface area contributed by atoms with Crippen molar-refractivity contribution >= 4 is 45.6 Å². The summed E-state index contributed by atoms with van der Waals surface area (Å²) in [4.78, 5) is 33.0. The maximum atomic E-state index is 12.6. The number of carbonyl (C=O) groups excluding carboxylic acids is 2. The van der Waals surface area contributed by atoms with Gasteiger partial charge in [-0.15, -0.1) is 11.3 Å². The number of amides is 2. The lowest BCUT2D eigenvalue weighted by molar-refractivity contribution is 0.0632. The molecule has 3 N–H and O–H groups in total. The zero-order valence-corrected chi connectivity index (χ0v) is 17.9. The number of fused-ring (bicyclic) bond motifs is 1. The summed E-state index contributed by atoms with van der Waals surface area (Å²) in [6.45, 7) is 5.24. The molecule has 3 aromatic heterocycles. The normalized spacial score (nSPS) is 11.6. The van der Waals surface area contributed by atoms with Gasteiger partial charge in [0.15, 0.2) is 5.82 Å². The van der Waals surface area contributed by atoms with Crippen molar-refractivity contribution in [1.29, 1.82) is 0 Å². The largest absolute Gasteiger partial charge is 0.389 e. The van der Waals surface area contributed by atoms with Gasteiger partial charge in [0.2, 0.25) is 5.95 Å². The highest BCUT2D eigenvalue weighted by atomic mass is 32.1. The van der Waals surface area contributed by atoms with Gasteiger partial charge in [-0.05, 0) is 51.1 Å². The van der Waals surface area contributed by atoms with Crippen LogP contribution in [0.4, 0.5) is 15.7 Å². The van der Waals surface area contributed by atoms with Crippen LogP contribution >= 0.6 is 11.3 Å². The van der Waals surface area contributed by atoms with E-state index in [1.54, 1.807) is 55.7 Å². The quantitative estimate of drug-likeness (QED) is 0.389. The molecule has 0 fully saturated rings. The number of rotatable bonds is 6. The van der Waals surface area contributed by atoms with Gasteiger partial charge in [0.1, 0.15) is 6.29 Å². The summed E-state index contributed by atoms with van der Waals surface area (Å²) in [5.74, 6) is 1.16. The summed E-state index contributed by atoms with van der Waals surface area (Å²) in [6.07, 6.45) is 0.730. The Kier molecular flexibility index (Phi) is 5.29. The van der Waals surface area contributed by atoms with Crippen molar-refractivity contribution in [2.45, 2.75) is 32.9 Å². The summed E-state index contributed by atoms with van der Waals surface area (Å²) in [5.41, 5.74) is 0.649. The number of nitrogens with zero attached hydrogens (tertiary/aromatic N) is 4. The maximum absolute atomic E-state index is 12.6. The van der Waals surface area contributed by atoms with E-state index in [0.29, 0.717) is 33.3 Å². The fourth-order valence-electron chi connectivity index (χ4n) is 3.02. The molecule has 0 saturated carbocycles. The van der Waals surface area contributed by atoms with E-state index in [2.05, 4.69) is 25.8 Å². The van der Waals surface area contributed by atoms with Gasteiger partial charge in [0.25, 0.3) is 5.89 Å². The van der Waals surface area contributed by atoms with Crippen molar-refractivity contribution in [2.24, 2.45) is 0 Å². The predicted molar refractivity (Wildman–Crippen MR) is 116 cm³/mol. The molecule has 160 valence electrons. The minimum Gasteiger partial charge on any atom is -0.389 e. The fourth-order valence-corrected chi connectivity index (χ4v) is 3.85. The highest BCUT2D eigenvalue weighted by molar-refractivity contribution is 7.19. The van der Waals surface area contributed by atoms with Gasteiger partial charge in [-0.2, -0.15) is 4.98 Å². The number of urea groups is 1. The summed E-state index contributed by atoms with van der Waals surface area (Å²) in [5, 5.41) is 20.1. The van der Waals surface area contributed by atoms with Crippen LogP contribution in [0.15, 0.2) is 34.9 Å². The van der Waals surface area contributed by atoms with Crippen LogP contribution < -0.4 is 10.6 Å². The molecule has 10 nitrogen and oxygen atoms in total. The number of benzene rings is 1. The molecule has 0 spiro atoms. The second kappa shape index (κ2) is 7.93. The molecule has 0 atom stereocenters. The van der Waals surface area contributed by atoms with E-state index in [4.69, 9.17) is 4.52 Å². The topological polar surface area (TPSA) is 135 Å². The van der Waals surface area contributed by atoms with Gasteiger partial charge in [-0.1, -0.05) is 5.16 Å². The molecule has 0 radical (unpaired) electrons. The Bertz CT molecular complexity index is 1270. The van der Waals surface area contributed by atoms with Crippen molar-refractivity contribution in [3.63, 3.8) is 0 Å². The van der Waals surface area contributed by atoms with Crippen molar-refractivity contribution in [3.05, 3.63) is 41.7 Å². The second-order valence-electron chi connectivity index (χ2n) is 7.59. The molecule has 4 rings (SSSR count). The third kappa shape index (κ3) is 4.62. The van der Waals surface area contributed by atoms with E-state index >= 15 is 0 Å². The van der Waals surface area contributed by atoms with Gasteiger partial charge in [-0.25, -0.2) is 9.78 Å². The van der Waals surface area contributed by atoms with Crippen LogP contribution in [0.3, 0.4) is 0 Å². The predicted octanol–water partition coefficient (Wildman–Crippen LogP) is 3.68. The molecule has 11 heteroatoms. The number of carbonyl (C=O) groups is 2. The maximum Gasteiger partial charge on any atom is 0.326 e. The monoisotopic (exact) mass is 440 g/mol. The minimum atomic E-state index is -1.05. The highest BCUT2D eigenvalue weighted by Gasteiger charge is 2.21. The molecule has 31 heavy (non-hydrogen) atoms. The van der Waals surface area contributed by atoms with Gasteiger partial charge in [0, 0.05) is 5.56 Å². The van der Waals surface area contributed by atoms with Crippen molar-refractivity contribution in [2.75, 3.05) is 10.6 Å². The number of aldehydes is 1. The van der Waals surface area contributed by atoms with E-state index in [0.717, 1.165) is 11.2 Å². The van der Waals surface area contributed by atoms with Crippen LogP contribution in [-0.2, 0) is 6.54 Å². The Morgan fingerprint density at radius 2 is 2.06 bits per heavy atom. The number of nitrogens with one attached hydrogen (secondary N) is 2. The average Bonchev–Trinajstić information content (AvgIpc) is 3.40. The summed E-state index contributed by atoms with van der Waals surface area (Å²) in [7, 11) is 0. The van der Waals surface area contributed by atoms with Crippen LogP contribution in [0.1, 0.15) is 30.0 Å². The molecule has 0 bridgehead atoms. The molecule has 4 aromatic rings. The lowest BCUT2D eigenvalue weighted by Crippen LogP contribution is -2.28. The molecule has 0 aliphatic heterocycles. The smallest absolute Gasteiger partial charge is 0.326 e. The first kappa shape index (κ1) is 20.7. The summed E-state index contributed by atoms with van der Waals surface area (Å²) < 4.78 is 6.84. The Hall–Kier alpha value is -3.57. The molecule has 0 saturated heterocycles. The zero-order valence-electron chi connectivity index (χ0n) is 17.0. The Balaban J connectivity index is 1.57. The molecular formula is C20H20N6O4S. The van der Waals surface area contributed by atoms with Crippen LogP contribution in [0.2, 0.25) is 0 Å². The van der Waals surface area contributed by atoms with E-state index in [1.807, 2.05) is 0 Å². The van der Waals surface area contributed by atoms with Crippen molar-refractivity contribution < 1.29 is 19.2 Å². The van der Waals surface area contributed by atoms with Gasteiger partial charge < -0.3 is 14.2 Å². The average molecular weight is 440 g/mol. The third-order valence-corrected chi connectivity index (χ3v) is 5.25. The van der Waals surface area contributed by atoms with Gasteiger partial charge in [-0.3, -0.25) is 15.4 Å². The van der Waals surface area contributed by atoms with Gasteiger partial charge in [0.05, 0.1) is 33.1 Å². The Labute approximate surface area is 180 Å². The number of imidazole rings is 1. The molecule has 0 aliphatic rings. The first-order valence-electron chi connectivity index (χ1n) is 9.38. The number of hydrogen-bond donors (Lipinski definition) is 3. The summed E-state index contributed by atoms with van der Waals surface area (Å²) >= 11 is 1.29. The lowest BCUT2D eigenvalue weighted by Gasteiger charge is -2.20. The lowest BCUT2D eigenvalue weighted by atomic mass is 10.1. The number of aryl methyl sites for hydroxylation is 1. The minimum absolute atomic E-state index is 0.194. The summed E-state index contributed by atoms with van der Waals surface area (Å²) in [6, 6.07) is 8.03. The number of anilines is 2. The fraction of sp³-hybridized carbons (Fsp3) is 0.250. The second-order valence-corrected chi connectivity index (χ2v) is 8.67. The highest BCUT2D eigenvalue weighted by Crippen LogP contribution is 2.30. The SMILES string of the molecule is Cc1noc(-c2ccc(NC(=O)Nc3nc4cc(C=O)ccc4n3CC(C)(C)O)s2)n1. The number of hydrogen-bond acceptors (Lipinski definition) is 8. The molecule has 2 amide bonds. The molecule has 1 aromatic carbocycles. The van der Waals surface area contributed by atoms with Crippen LogP contribution in [0.5, 0.6) is 0 Å². The molecule has 0 aliphatic carbocycles. The van der Waals surface area contributed by atoms with Crippen molar-refractivity contribution in [1.82, 2.24) is 19.7 Å². The van der Waals surface area contributed by atoms with E-state index in [1.165, 1.54) is 11.3 Å². The molecule has 3 heterocycles. The van der Waals surface area contributed by atoms with Crippen LogP contribution in [-0.4, -0.2) is 42.7 Å². The van der Waals surface area contributed by atoms with E-state index in [9.17, 15) is 14.7 Å². The van der Waals surface area contributed by atoms with Crippen LogP contribution in [0, 0.1) is 6.92 Å². The van der Waals surface area contributed by atoms with E-state index < -0.39 is 11.6 Å².